The molecule has 0 saturated heterocycles. The molecule has 0 aliphatic carbocycles. The Morgan fingerprint density at radius 3 is 1.24 bits per heavy atom. The summed E-state index contributed by atoms with van der Waals surface area (Å²) in [7, 11) is -1.44. The highest BCUT2D eigenvalue weighted by atomic mass is 127. The van der Waals surface area contributed by atoms with Gasteiger partial charge in [-0.15, -0.1) is 0 Å². The van der Waals surface area contributed by atoms with Crippen molar-refractivity contribution >= 4 is 36.6 Å². The quantitative estimate of drug-likeness (QED) is 0.0581. The summed E-state index contributed by atoms with van der Waals surface area (Å²) < 4.78 is 96.6. The molecule has 0 amide bonds. The van der Waals surface area contributed by atoms with E-state index in [9.17, 15) is 4.79 Å². The smallest absolute Gasteiger partial charge is 0.402 e. The van der Waals surface area contributed by atoms with E-state index in [0.717, 1.165) is 9.61 Å². The average Bonchev–Trinajstić information content (AvgIpc) is 3.91. The number of nitrogens with one attached hydrogen (secondary N) is 4. The number of halogens is 7. The highest BCUT2D eigenvalue weighted by Gasteiger charge is 2.46. The molecule has 6 nitrogen and oxygen atoms in total. The number of ether oxygens (including phenoxy) is 1. The Hall–Kier alpha value is -4.44. The lowest BCUT2D eigenvalue weighted by Crippen LogP contribution is -2.23. The van der Waals surface area contributed by atoms with Gasteiger partial charge >= 0.3 is 18.3 Å². The van der Waals surface area contributed by atoms with Gasteiger partial charge in [0.15, 0.2) is 0 Å². The molecular weight excluding hydrogens is 837 g/mol. The average molecular weight is 875 g/mol. The molecule has 0 radical (unpaired) electrons. The second-order valence-corrected chi connectivity index (χ2v) is 21.8. The van der Waals surface area contributed by atoms with E-state index in [1.807, 2.05) is 24.3 Å². The van der Waals surface area contributed by atoms with Gasteiger partial charge in [0.1, 0.15) is 11.8 Å². The van der Waals surface area contributed by atoms with Crippen molar-refractivity contribution in [2.24, 2.45) is 0 Å². The Morgan fingerprint density at radius 1 is 0.574 bits per heavy atom. The zero-order valence-corrected chi connectivity index (χ0v) is 32.6. The van der Waals surface area contributed by atoms with Crippen molar-refractivity contribution in [2.45, 2.75) is 61.7 Å². The summed E-state index contributed by atoms with van der Waals surface area (Å²) in [6.45, 7) is 6.79. The van der Waals surface area contributed by atoms with Gasteiger partial charge in [0, 0.05) is 57.2 Å². The monoisotopic (exact) mass is 874 g/mol. The Labute approximate surface area is 322 Å². The molecule has 54 heavy (non-hydrogen) atoms. The zero-order valence-electron chi connectivity index (χ0n) is 29.4. The van der Waals surface area contributed by atoms with Gasteiger partial charge in [0.05, 0.1) is 24.0 Å². The van der Waals surface area contributed by atoms with Gasteiger partial charge in [0.25, 0.3) is 0 Å². The first-order valence-corrected chi connectivity index (χ1v) is 22.2. The van der Waals surface area contributed by atoms with Gasteiger partial charge < -0.3 is 24.7 Å². The van der Waals surface area contributed by atoms with Crippen LogP contribution in [0.3, 0.4) is 0 Å². The maximum absolute atomic E-state index is 15.0. The summed E-state index contributed by atoms with van der Waals surface area (Å²) in [4.78, 5) is 24.8. The number of hydrogen-bond acceptors (Lipinski definition) is 2. The second kappa shape index (κ2) is 14.3. The van der Waals surface area contributed by atoms with Crippen LogP contribution in [0.4, 0.5) is 26.3 Å². The van der Waals surface area contributed by atoms with Crippen molar-refractivity contribution < 1.29 is 35.9 Å². The van der Waals surface area contributed by atoms with Crippen molar-refractivity contribution in [1.82, 2.24) is 19.9 Å². The number of carbonyl (C=O) groups is 1. The first-order chi connectivity index (χ1) is 25.5. The van der Waals surface area contributed by atoms with Crippen molar-refractivity contribution in [1.29, 1.82) is 0 Å². The number of rotatable bonds is 6. The minimum atomic E-state index is -4.71. The summed E-state index contributed by atoms with van der Waals surface area (Å²) in [5.41, 5.74) is 2.39. The van der Waals surface area contributed by atoms with E-state index in [1.165, 1.54) is 36.4 Å². The summed E-state index contributed by atoms with van der Waals surface area (Å²) in [6, 6.07) is 26.1. The first-order valence-electron chi connectivity index (χ1n) is 17.4. The number of H-pyrrole nitrogens is 4. The number of aromatic amines is 4. The lowest BCUT2D eigenvalue weighted by atomic mass is 9.92. The topological polar surface area (TPSA) is 89.5 Å². The Kier molecular flexibility index (Phi) is 10.0. The van der Waals surface area contributed by atoms with Crippen molar-refractivity contribution in [3.05, 3.63) is 163 Å². The van der Waals surface area contributed by atoms with Gasteiger partial charge in [-0.25, -0.2) is 4.79 Å². The van der Waals surface area contributed by atoms with Crippen LogP contribution in [0.15, 0.2) is 97.1 Å². The SMILES string of the molecule is C[Si](C)(C)CCOC(=O)c1ccc(C2c3ccc([nH]3)C(C(F)(F)F)c3ccc([nH]3)C(c3ccc(I)cc3)c3ccc([nH]3)C(C(F)(F)F)c3ccc2[nH]3)cc1. The number of benzene rings is 2. The van der Waals surface area contributed by atoms with Gasteiger partial charge in [-0.2, -0.15) is 26.3 Å². The van der Waals surface area contributed by atoms with E-state index in [0.29, 0.717) is 33.9 Å². The van der Waals surface area contributed by atoms with Gasteiger partial charge in [-0.1, -0.05) is 43.9 Å². The second-order valence-electron chi connectivity index (χ2n) is 14.9. The van der Waals surface area contributed by atoms with Crippen LogP contribution in [-0.2, 0) is 4.74 Å². The fraction of sp³-hybridized carbons (Fsp3) is 0.275. The van der Waals surface area contributed by atoms with Gasteiger partial charge in [0.2, 0.25) is 0 Å². The Morgan fingerprint density at radius 2 is 0.907 bits per heavy atom. The fourth-order valence-corrected chi connectivity index (χ4v) is 8.23. The number of carbonyl (C=O) groups excluding carboxylic acids is 1. The molecule has 4 N–H and O–H groups in total. The number of fused-ring (bicyclic) bond motifs is 8. The zero-order chi connectivity index (χ0) is 38.6. The summed E-state index contributed by atoms with van der Waals surface area (Å²) >= 11 is 2.14. The molecule has 6 aromatic rings. The predicted octanol–water partition coefficient (Wildman–Crippen LogP) is 11.2. The third-order valence-corrected chi connectivity index (χ3v) is 12.3. The Balaban J connectivity index is 1.37. The van der Waals surface area contributed by atoms with Crippen LogP contribution in [0.5, 0.6) is 0 Å². The van der Waals surface area contributed by atoms with E-state index in [2.05, 4.69) is 62.2 Å². The largest absolute Gasteiger partial charge is 0.462 e. The number of hydrogen-bond donors (Lipinski definition) is 4. The summed E-state index contributed by atoms with van der Waals surface area (Å²) in [5, 5.41) is 0. The van der Waals surface area contributed by atoms with Crippen LogP contribution >= 0.6 is 22.6 Å². The van der Waals surface area contributed by atoms with Crippen LogP contribution in [0.1, 0.15) is 90.7 Å². The molecule has 1 aliphatic heterocycles. The van der Waals surface area contributed by atoms with Crippen molar-refractivity contribution in [3.8, 4) is 0 Å². The van der Waals surface area contributed by atoms with Crippen LogP contribution < -0.4 is 0 Å². The van der Waals surface area contributed by atoms with Gasteiger partial charge in [-0.05, 0) is 113 Å². The standard InChI is InChI=1S/C40H37F6IN4O2Si/c1-54(2,3)21-20-53-38(52)24-6-4-22(5-7-24)34-26-12-16-30(48-26)36(39(41,42)43)32-18-14-28(50-32)35(23-8-10-25(47)11-9-23)29-15-19-33(51-29)37(40(44,45)46)31-17-13-27(34)49-31/h4-19,34-37,48-51H,20-21H2,1-3H3. The van der Waals surface area contributed by atoms with Crippen molar-refractivity contribution in [2.75, 3.05) is 6.61 Å². The molecule has 14 heteroatoms. The van der Waals surface area contributed by atoms with E-state index >= 15 is 26.3 Å². The van der Waals surface area contributed by atoms with E-state index in [1.54, 1.807) is 36.4 Å². The molecule has 7 rings (SSSR count). The molecule has 1 aliphatic rings. The molecule has 2 atom stereocenters. The van der Waals surface area contributed by atoms with Crippen molar-refractivity contribution in [3.63, 3.8) is 0 Å². The number of aromatic nitrogens is 4. The third kappa shape index (κ3) is 7.85. The highest BCUT2D eigenvalue weighted by Crippen LogP contribution is 2.45. The molecule has 0 fully saturated rings. The van der Waals surface area contributed by atoms with Crippen LogP contribution in [-0.4, -0.2) is 52.9 Å². The highest BCUT2D eigenvalue weighted by molar-refractivity contribution is 14.1. The van der Waals surface area contributed by atoms with E-state index in [-0.39, 0.29) is 34.9 Å². The molecule has 2 aromatic carbocycles. The van der Waals surface area contributed by atoms with E-state index < -0.39 is 50.1 Å². The molecule has 5 heterocycles. The third-order valence-electron chi connectivity index (χ3n) is 9.84. The van der Waals surface area contributed by atoms with Crippen LogP contribution in [0.25, 0.3) is 0 Å². The summed E-state index contributed by atoms with van der Waals surface area (Å²) in [6.07, 6.45) is -9.42. The van der Waals surface area contributed by atoms with E-state index in [4.69, 9.17) is 4.74 Å². The molecule has 282 valence electrons. The molecular formula is C40H37F6IN4O2Si. The normalized spacial score (nSPS) is 19.1. The maximum atomic E-state index is 15.0. The first kappa shape index (κ1) is 37.9. The molecule has 8 bridgehead atoms. The van der Waals surface area contributed by atoms with Gasteiger partial charge in [-0.3, -0.25) is 0 Å². The molecule has 0 saturated carbocycles. The Bertz CT molecular complexity index is 2140. The molecule has 4 aromatic heterocycles. The fourth-order valence-electron chi connectivity index (χ4n) is 7.16. The molecule has 0 spiro atoms. The maximum Gasteiger partial charge on any atom is 0.402 e. The van der Waals surface area contributed by atoms with Crippen LogP contribution in [0.2, 0.25) is 25.7 Å². The number of alkyl halides is 6. The minimum absolute atomic E-state index is 0.121. The predicted molar refractivity (Wildman–Crippen MR) is 205 cm³/mol. The lowest BCUT2D eigenvalue weighted by molar-refractivity contribution is -0.143. The number of esters is 1. The molecule has 2 unspecified atom stereocenters. The van der Waals surface area contributed by atoms with Crippen LogP contribution in [0, 0.1) is 3.57 Å². The lowest BCUT2D eigenvalue weighted by Gasteiger charge is -2.22. The summed E-state index contributed by atoms with van der Waals surface area (Å²) in [5.74, 6) is -6.20. The minimum Gasteiger partial charge on any atom is -0.462 e.